The first-order valence-corrected chi connectivity index (χ1v) is 5.48. The molecule has 0 aromatic carbocycles. The number of aliphatic carboxylic acids is 1. The molecule has 0 spiro atoms. The predicted octanol–water partition coefficient (Wildman–Crippen LogP) is -3.78. The number of rotatable bonds is 9. The number of hydrogen-bond acceptors (Lipinski definition) is 8. The van der Waals surface area contributed by atoms with E-state index in [9.17, 15) is 30.0 Å². The second kappa shape index (κ2) is 8.15. The molecule has 1 unspecified atom stereocenters. The molecule has 0 fully saturated rings. The van der Waals surface area contributed by atoms with Crippen LogP contribution in [0, 0.1) is 0 Å². The van der Waals surface area contributed by atoms with E-state index in [1.54, 1.807) is 0 Å². The number of carbonyl (C=O) groups excluding carboxylic acids is 1. The second-order valence-corrected chi connectivity index (χ2v) is 4.03. The van der Waals surface area contributed by atoms with Crippen molar-refractivity contribution in [3.63, 3.8) is 0 Å². The van der Waals surface area contributed by atoms with E-state index in [0.717, 1.165) is 0 Å². The Labute approximate surface area is 108 Å². The van der Waals surface area contributed by atoms with Crippen molar-refractivity contribution in [3.05, 3.63) is 0 Å². The molecule has 9 heteroatoms. The minimum absolute atomic E-state index is 0.555. The summed E-state index contributed by atoms with van der Waals surface area (Å²) in [4.78, 5) is 21.5. The lowest BCUT2D eigenvalue weighted by molar-refractivity contribution is -0.156. The Kier molecular flexibility index (Phi) is 7.68. The Hall–Kier alpha value is -1.10. The van der Waals surface area contributed by atoms with Gasteiger partial charge in [-0.15, -0.1) is 0 Å². The molecule has 0 amide bonds. The van der Waals surface area contributed by atoms with Crippen LogP contribution in [0.5, 0.6) is 0 Å². The summed E-state index contributed by atoms with van der Waals surface area (Å²) in [6.45, 7) is -0.895. The van der Waals surface area contributed by atoms with Gasteiger partial charge in [-0.05, 0) is 0 Å². The van der Waals surface area contributed by atoms with E-state index < -0.39 is 61.7 Å². The zero-order valence-electron chi connectivity index (χ0n) is 9.96. The zero-order chi connectivity index (χ0) is 15.2. The summed E-state index contributed by atoms with van der Waals surface area (Å²) in [6.07, 6.45) is -11.1. The molecule has 0 aliphatic carbocycles. The van der Waals surface area contributed by atoms with Crippen molar-refractivity contribution in [2.24, 2.45) is 0 Å². The van der Waals surface area contributed by atoms with Crippen LogP contribution < -0.4 is 0 Å². The van der Waals surface area contributed by atoms with E-state index in [2.05, 4.69) is 0 Å². The molecular formula is C10H18O9. The van der Waals surface area contributed by atoms with Crippen molar-refractivity contribution in [2.45, 2.75) is 43.4 Å². The van der Waals surface area contributed by atoms with Gasteiger partial charge in [-0.1, -0.05) is 0 Å². The fourth-order valence-electron chi connectivity index (χ4n) is 1.29. The average Bonchev–Trinajstić information content (AvgIpc) is 2.40. The lowest BCUT2D eigenvalue weighted by atomic mass is 9.96. The van der Waals surface area contributed by atoms with Crippen LogP contribution in [0.3, 0.4) is 0 Å². The van der Waals surface area contributed by atoms with Gasteiger partial charge in [-0.2, -0.15) is 0 Å². The molecule has 19 heavy (non-hydrogen) atoms. The quantitative estimate of drug-likeness (QED) is 0.223. The monoisotopic (exact) mass is 282 g/mol. The molecule has 9 nitrogen and oxygen atoms in total. The van der Waals surface area contributed by atoms with Crippen molar-refractivity contribution < 1.29 is 45.3 Å². The smallest absolute Gasteiger partial charge is 0.303 e. The van der Waals surface area contributed by atoms with Crippen LogP contribution in [-0.4, -0.2) is 84.6 Å². The van der Waals surface area contributed by atoms with Crippen LogP contribution in [0.2, 0.25) is 0 Å². The number of carboxylic acid groups (broad SMARTS) is 1. The van der Waals surface area contributed by atoms with E-state index in [4.69, 9.17) is 15.3 Å². The lowest BCUT2D eigenvalue weighted by Gasteiger charge is -2.27. The number of aliphatic hydroxyl groups is 6. The highest BCUT2D eigenvalue weighted by Gasteiger charge is 2.36. The van der Waals surface area contributed by atoms with Gasteiger partial charge in [0.05, 0.1) is 13.0 Å². The zero-order valence-corrected chi connectivity index (χ0v) is 9.96. The van der Waals surface area contributed by atoms with Gasteiger partial charge in [0.15, 0.2) is 5.78 Å². The number of aliphatic hydroxyl groups excluding tert-OH is 6. The van der Waals surface area contributed by atoms with Crippen molar-refractivity contribution in [1.29, 1.82) is 0 Å². The van der Waals surface area contributed by atoms with Crippen LogP contribution in [0.15, 0.2) is 0 Å². The summed E-state index contributed by atoms with van der Waals surface area (Å²) in [7, 11) is 0. The van der Waals surface area contributed by atoms with Gasteiger partial charge in [0.1, 0.15) is 30.5 Å². The second-order valence-electron chi connectivity index (χ2n) is 4.03. The molecule has 0 saturated carbocycles. The molecular weight excluding hydrogens is 264 g/mol. The molecule has 0 rings (SSSR count). The van der Waals surface area contributed by atoms with E-state index in [1.807, 2.05) is 0 Å². The summed E-state index contributed by atoms with van der Waals surface area (Å²) >= 11 is 0. The summed E-state index contributed by atoms with van der Waals surface area (Å²) in [5.41, 5.74) is 0. The Morgan fingerprint density at radius 1 is 0.842 bits per heavy atom. The minimum atomic E-state index is -2.11. The number of carboxylic acids is 1. The SMILES string of the molecule is O=C(O)CCC(=O)C(O)[C@@H](O)[C@@H](O)[C@H](O)[C@H](O)CO. The summed E-state index contributed by atoms with van der Waals surface area (Å²) in [5.74, 6) is -2.30. The van der Waals surface area contributed by atoms with Crippen LogP contribution in [0.4, 0.5) is 0 Å². The highest BCUT2D eigenvalue weighted by atomic mass is 16.4. The van der Waals surface area contributed by atoms with Gasteiger partial charge in [-0.25, -0.2) is 0 Å². The summed E-state index contributed by atoms with van der Waals surface area (Å²) in [5, 5.41) is 63.3. The predicted molar refractivity (Wildman–Crippen MR) is 59.0 cm³/mol. The van der Waals surface area contributed by atoms with Crippen molar-refractivity contribution in [1.82, 2.24) is 0 Å². The maximum absolute atomic E-state index is 11.3. The molecule has 0 heterocycles. The molecule has 0 aliphatic rings. The fourth-order valence-corrected chi connectivity index (χ4v) is 1.29. The van der Waals surface area contributed by atoms with Gasteiger partial charge in [0.25, 0.3) is 0 Å². The van der Waals surface area contributed by atoms with Crippen molar-refractivity contribution >= 4 is 11.8 Å². The maximum Gasteiger partial charge on any atom is 0.303 e. The van der Waals surface area contributed by atoms with Gasteiger partial charge in [0, 0.05) is 6.42 Å². The normalized spacial score (nSPS) is 19.3. The molecule has 0 aromatic heterocycles. The lowest BCUT2D eigenvalue weighted by Crippen LogP contribution is -2.51. The van der Waals surface area contributed by atoms with E-state index in [0.29, 0.717) is 0 Å². The van der Waals surface area contributed by atoms with E-state index in [-0.39, 0.29) is 0 Å². The molecule has 0 aromatic rings. The van der Waals surface area contributed by atoms with Crippen LogP contribution in [0.1, 0.15) is 12.8 Å². The number of Topliss-reactive ketones (excluding diaryl/α,β-unsaturated/α-hetero) is 1. The first-order chi connectivity index (χ1) is 8.72. The Morgan fingerprint density at radius 2 is 1.37 bits per heavy atom. The number of carbonyl (C=O) groups is 2. The standard InChI is InChI=1S/C10H18O9/c11-3-5(13)8(17)10(19)9(18)7(16)4(12)1-2-6(14)15/h5,7-11,13,16-19H,1-3H2,(H,14,15)/t5-,7?,8-,9-,10+/m1/s1. The van der Waals surface area contributed by atoms with Gasteiger partial charge in [0.2, 0.25) is 0 Å². The third kappa shape index (κ3) is 5.59. The first kappa shape index (κ1) is 17.9. The Balaban J connectivity index is 4.49. The number of ketones is 1. The third-order valence-electron chi connectivity index (χ3n) is 2.52. The molecule has 112 valence electrons. The third-order valence-corrected chi connectivity index (χ3v) is 2.52. The largest absolute Gasteiger partial charge is 0.481 e. The van der Waals surface area contributed by atoms with E-state index in [1.165, 1.54) is 0 Å². The first-order valence-electron chi connectivity index (χ1n) is 5.48. The maximum atomic E-state index is 11.3. The Bertz CT molecular complexity index is 305. The Morgan fingerprint density at radius 3 is 1.79 bits per heavy atom. The fraction of sp³-hybridized carbons (Fsp3) is 0.800. The van der Waals surface area contributed by atoms with Gasteiger partial charge >= 0.3 is 5.97 Å². The van der Waals surface area contributed by atoms with E-state index >= 15 is 0 Å². The number of hydrogen-bond donors (Lipinski definition) is 7. The molecule has 0 saturated heterocycles. The molecule has 0 radical (unpaired) electrons. The highest BCUT2D eigenvalue weighted by molar-refractivity contribution is 5.86. The van der Waals surface area contributed by atoms with Gasteiger partial charge < -0.3 is 35.7 Å². The highest BCUT2D eigenvalue weighted by Crippen LogP contribution is 2.11. The summed E-state index contributed by atoms with van der Waals surface area (Å²) < 4.78 is 0. The molecule has 5 atom stereocenters. The van der Waals surface area contributed by atoms with Crippen molar-refractivity contribution in [2.75, 3.05) is 6.61 Å². The van der Waals surface area contributed by atoms with Crippen LogP contribution >= 0.6 is 0 Å². The summed E-state index contributed by atoms with van der Waals surface area (Å²) in [6, 6.07) is 0. The van der Waals surface area contributed by atoms with Crippen LogP contribution in [0.25, 0.3) is 0 Å². The van der Waals surface area contributed by atoms with Crippen molar-refractivity contribution in [3.8, 4) is 0 Å². The molecule has 7 N–H and O–H groups in total. The molecule has 0 bridgehead atoms. The molecule has 0 aliphatic heterocycles. The minimum Gasteiger partial charge on any atom is -0.481 e. The van der Waals surface area contributed by atoms with Gasteiger partial charge in [-0.3, -0.25) is 9.59 Å². The topological polar surface area (TPSA) is 176 Å². The van der Waals surface area contributed by atoms with Crippen LogP contribution in [-0.2, 0) is 9.59 Å². The average molecular weight is 282 g/mol.